The highest BCUT2D eigenvalue weighted by molar-refractivity contribution is 6.34. The van der Waals surface area contributed by atoms with Crippen molar-refractivity contribution in [3.8, 4) is 22.9 Å². The van der Waals surface area contributed by atoms with Crippen LogP contribution in [-0.4, -0.2) is 15.9 Å². The molecule has 0 saturated carbocycles. The first kappa shape index (κ1) is 23.3. The number of carboxylic acids is 1. The van der Waals surface area contributed by atoms with Gasteiger partial charge in [-0.2, -0.15) is 4.98 Å². The number of aryl methyl sites for hydroxylation is 2. The van der Waals surface area contributed by atoms with Gasteiger partial charge in [-0.1, -0.05) is 55.3 Å². The third-order valence-electron chi connectivity index (χ3n) is 5.28. The first-order chi connectivity index (χ1) is 14.9. The molecule has 0 aliphatic rings. The lowest BCUT2D eigenvalue weighted by molar-refractivity contribution is -0.255. The SMILES string of the molecule is CCCCc1ccc(-c2cc3nc(Oc4ccc(C)c(C(=O)[O-])c4)[nH]c3cc2Cl)cc1.[NH4+]. The van der Waals surface area contributed by atoms with Crippen molar-refractivity contribution >= 4 is 28.6 Å². The van der Waals surface area contributed by atoms with E-state index < -0.39 is 5.97 Å². The number of quaternary nitrogens is 1. The van der Waals surface area contributed by atoms with Crippen molar-refractivity contribution in [2.45, 2.75) is 33.1 Å². The number of nitrogens with one attached hydrogen (secondary N) is 1. The van der Waals surface area contributed by atoms with Crippen LogP contribution in [0.4, 0.5) is 0 Å². The Labute approximate surface area is 191 Å². The summed E-state index contributed by atoms with van der Waals surface area (Å²) in [4.78, 5) is 18.8. The number of carboxylic acid groups (broad SMARTS) is 1. The minimum atomic E-state index is -1.25. The van der Waals surface area contributed by atoms with Crippen LogP contribution < -0.4 is 16.0 Å². The summed E-state index contributed by atoms with van der Waals surface area (Å²) >= 11 is 6.54. The number of carbonyl (C=O) groups excluding carboxylic acids is 1. The number of hydrogen-bond acceptors (Lipinski definition) is 4. The van der Waals surface area contributed by atoms with E-state index in [1.165, 1.54) is 24.5 Å². The maximum Gasteiger partial charge on any atom is 0.300 e. The minimum Gasteiger partial charge on any atom is -0.545 e. The first-order valence-corrected chi connectivity index (χ1v) is 10.6. The van der Waals surface area contributed by atoms with Gasteiger partial charge in [0.05, 0.1) is 22.0 Å². The molecule has 0 saturated heterocycles. The van der Waals surface area contributed by atoms with E-state index in [0.717, 1.165) is 23.1 Å². The van der Waals surface area contributed by atoms with Crippen LogP contribution in [0.1, 0.15) is 41.3 Å². The molecule has 4 aromatic rings. The van der Waals surface area contributed by atoms with Crippen LogP contribution in [0.5, 0.6) is 11.8 Å². The predicted octanol–water partition coefficient (Wildman–Crippen LogP) is 6.07. The Morgan fingerprint density at radius 3 is 2.56 bits per heavy atom. The van der Waals surface area contributed by atoms with E-state index in [-0.39, 0.29) is 17.7 Å². The zero-order valence-electron chi connectivity index (χ0n) is 18.4. The van der Waals surface area contributed by atoms with Crippen molar-refractivity contribution in [3.63, 3.8) is 0 Å². The number of benzene rings is 3. The molecule has 1 aromatic heterocycles. The molecule has 1 heterocycles. The molecule has 7 heteroatoms. The average Bonchev–Trinajstić information content (AvgIpc) is 3.14. The molecule has 32 heavy (non-hydrogen) atoms. The van der Waals surface area contributed by atoms with Gasteiger partial charge in [-0.3, -0.25) is 0 Å². The summed E-state index contributed by atoms with van der Waals surface area (Å²) in [5, 5.41) is 11.9. The number of aromatic amines is 1. The molecule has 4 rings (SSSR count). The van der Waals surface area contributed by atoms with Crippen LogP contribution >= 0.6 is 11.6 Å². The number of hydrogen-bond donors (Lipinski definition) is 2. The summed E-state index contributed by atoms with van der Waals surface area (Å²) in [6.07, 6.45) is 3.42. The Bertz CT molecular complexity index is 1250. The summed E-state index contributed by atoms with van der Waals surface area (Å²) in [5.74, 6) is -0.887. The number of ether oxygens (including phenoxy) is 1. The van der Waals surface area contributed by atoms with Crippen molar-refractivity contribution < 1.29 is 14.6 Å². The Hall–Kier alpha value is -3.35. The third kappa shape index (κ3) is 4.93. The molecular formula is C25H26ClN3O3. The van der Waals surface area contributed by atoms with Crippen molar-refractivity contribution in [3.05, 3.63) is 76.3 Å². The summed E-state index contributed by atoms with van der Waals surface area (Å²) in [6, 6.07) is 17.2. The fourth-order valence-electron chi connectivity index (χ4n) is 3.50. The summed E-state index contributed by atoms with van der Waals surface area (Å²) in [5.41, 5.74) is 5.36. The lowest BCUT2D eigenvalue weighted by atomic mass is 10.0. The number of imidazole rings is 1. The molecule has 6 nitrogen and oxygen atoms in total. The number of H-pyrrole nitrogens is 1. The molecule has 0 aliphatic heterocycles. The summed E-state index contributed by atoms with van der Waals surface area (Å²) in [7, 11) is 0. The Balaban J connectivity index is 0.00000289. The maximum absolute atomic E-state index is 11.2. The van der Waals surface area contributed by atoms with Gasteiger partial charge in [-0.15, -0.1) is 0 Å². The standard InChI is InChI=1S/C25H23ClN2O3.H3N/c1-3-4-5-16-7-9-17(10-8-16)20-13-22-23(14-21(20)26)28-25(27-22)31-18-11-6-15(2)19(12-18)24(29)30;/h6-14H,3-5H2,1-2H3,(H,27,28)(H,29,30);1H3. The third-order valence-corrected chi connectivity index (χ3v) is 5.59. The molecule has 5 N–H and O–H groups in total. The topological polar surface area (TPSA) is 115 Å². The number of aromatic nitrogens is 2. The van der Waals surface area contributed by atoms with Gasteiger partial charge in [0.1, 0.15) is 5.75 Å². The Kier molecular flexibility index (Phi) is 7.18. The Morgan fingerprint density at radius 1 is 1.12 bits per heavy atom. The molecule has 0 atom stereocenters. The molecule has 0 bridgehead atoms. The highest BCUT2D eigenvalue weighted by Crippen LogP contribution is 2.33. The first-order valence-electron chi connectivity index (χ1n) is 10.2. The molecular weight excluding hydrogens is 426 g/mol. The minimum absolute atomic E-state index is 0. The maximum atomic E-state index is 11.2. The second-order valence-corrected chi connectivity index (χ2v) is 7.97. The fourth-order valence-corrected chi connectivity index (χ4v) is 3.78. The van der Waals surface area contributed by atoms with Crippen LogP contribution in [0.2, 0.25) is 5.02 Å². The highest BCUT2D eigenvalue weighted by atomic mass is 35.5. The Morgan fingerprint density at radius 2 is 1.88 bits per heavy atom. The zero-order chi connectivity index (χ0) is 22.0. The average molecular weight is 452 g/mol. The molecule has 0 spiro atoms. The largest absolute Gasteiger partial charge is 0.545 e. The number of aromatic carboxylic acids is 1. The molecule has 166 valence electrons. The van der Waals surface area contributed by atoms with Crippen molar-refractivity contribution in [2.24, 2.45) is 0 Å². The summed E-state index contributed by atoms with van der Waals surface area (Å²) < 4.78 is 5.75. The number of nitrogens with zero attached hydrogens (tertiary/aromatic N) is 1. The van der Waals surface area contributed by atoms with E-state index in [0.29, 0.717) is 21.9 Å². The molecule has 0 radical (unpaired) electrons. The van der Waals surface area contributed by atoms with E-state index in [2.05, 4.69) is 41.2 Å². The van der Waals surface area contributed by atoms with Crippen LogP contribution in [0.25, 0.3) is 22.2 Å². The van der Waals surface area contributed by atoms with Crippen LogP contribution in [-0.2, 0) is 6.42 Å². The van der Waals surface area contributed by atoms with E-state index in [1.54, 1.807) is 19.1 Å². The molecule has 0 aliphatic carbocycles. The van der Waals surface area contributed by atoms with Gasteiger partial charge in [-0.25, -0.2) is 0 Å². The van der Waals surface area contributed by atoms with E-state index >= 15 is 0 Å². The molecule has 0 fully saturated rings. The smallest absolute Gasteiger partial charge is 0.300 e. The van der Waals surface area contributed by atoms with Crippen molar-refractivity contribution in [1.82, 2.24) is 16.1 Å². The normalized spacial score (nSPS) is 10.7. The van der Waals surface area contributed by atoms with E-state index in [4.69, 9.17) is 16.3 Å². The van der Waals surface area contributed by atoms with Gasteiger partial charge in [0.25, 0.3) is 6.01 Å². The van der Waals surface area contributed by atoms with E-state index in [1.807, 2.05) is 12.1 Å². The van der Waals surface area contributed by atoms with Crippen LogP contribution in [0.15, 0.2) is 54.6 Å². The molecule has 0 amide bonds. The van der Waals surface area contributed by atoms with Gasteiger partial charge in [-0.05, 0) is 60.7 Å². The van der Waals surface area contributed by atoms with Crippen molar-refractivity contribution in [1.29, 1.82) is 0 Å². The second kappa shape index (κ2) is 9.85. The number of unbranched alkanes of at least 4 members (excludes halogenated alkanes) is 1. The lowest BCUT2D eigenvalue weighted by Gasteiger charge is -2.09. The van der Waals surface area contributed by atoms with Gasteiger partial charge in [0.2, 0.25) is 0 Å². The van der Waals surface area contributed by atoms with Crippen LogP contribution in [0, 0.1) is 6.92 Å². The molecule has 3 aromatic carbocycles. The predicted molar refractivity (Wildman–Crippen MR) is 127 cm³/mol. The molecule has 0 unspecified atom stereocenters. The monoisotopic (exact) mass is 451 g/mol. The van der Waals surface area contributed by atoms with E-state index in [9.17, 15) is 9.90 Å². The fraction of sp³-hybridized carbons (Fsp3) is 0.200. The quantitative estimate of drug-likeness (QED) is 0.355. The number of halogens is 1. The van der Waals surface area contributed by atoms with Crippen molar-refractivity contribution in [2.75, 3.05) is 0 Å². The number of rotatable bonds is 7. The van der Waals surface area contributed by atoms with Crippen LogP contribution in [0.3, 0.4) is 0 Å². The second-order valence-electron chi connectivity index (χ2n) is 7.56. The highest BCUT2D eigenvalue weighted by Gasteiger charge is 2.12. The van der Waals surface area contributed by atoms with Gasteiger partial charge >= 0.3 is 0 Å². The number of carbonyl (C=O) groups is 1. The summed E-state index contributed by atoms with van der Waals surface area (Å²) in [6.45, 7) is 3.89. The lowest BCUT2D eigenvalue weighted by Crippen LogP contribution is -2.23. The number of fused-ring (bicyclic) bond motifs is 1. The zero-order valence-corrected chi connectivity index (χ0v) is 19.1. The van der Waals surface area contributed by atoms with Gasteiger partial charge < -0.3 is 25.8 Å². The van der Waals surface area contributed by atoms with Gasteiger partial charge in [0.15, 0.2) is 0 Å². The van der Waals surface area contributed by atoms with Gasteiger partial charge in [0, 0.05) is 11.1 Å².